The molecule has 0 aliphatic carbocycles. The van der Waals surface area contributed by atoms with Gasteiger partial charge in [0.15, 0.2) is 0 Å². The summed E-state index contributed by atoms with van der Waals surface area (Å²) in [6.45, 7) is 3.31. The van der Waals surface area contributed by atoms with Crippen molar-refractivity contribution >= 4 is 11.9 Å². The summed E-state index contributed by atoms with van der Waals surface area (Å²) in [7, 11) is 0. The molecule has 1 unspecified atom stereocenters. The van der Waals surface area contributed by atoms with Crippen LogP contribution in [0.25, 0.3) is 0 Å². The van der Waals surface area contributed by atoms with Gasteiger partial charge in [-0.1, -0.05) is 24.8 Å². The summed E-state index contributed by atoms with van der Waals surface area (Å²) >= 11 is 0. The molecule has 1 atom stereocenters. The number of ether oxygens (including phenoxy) is 1. The number of carbonyl (C=O) groups excluding carboxylic acids is 1. The van der Waals surface area contributed by atoms with Crippen LogP contribution in [0.1, 0.15) is 23.2 Å². The number of esters is 1. The Hall–Kier alpha value is -2.14. The number of benzene rings is 1. The standard InChI is InChI=1S/C13H14O5/c1-9(12(15)16)7-8-11(14)18-13(17)10-5-3-2-4-6-10/h2-6,11,14H,1,7-8H2,(H,15,16). The Bertz CT molecular complexity index is 438. The minimum absolute atomic E-state index is 0.00368. The van der Waals surface area contributed by atoms with E-state index in [0.717, 1.165) is 0 Å². The zero-order valence-corrected chi connectivity index (χ0v) is 9.70. The van der Waals surface area contributed by atoms with Gasteiger partial charge in [-0.05, 0) is 18.6 Å². The number of aliphatic carboxylic acids is 1. The Morgan fingerprint density at radius 3 is 2.44 bits per heavy atom. The lowest BCUT2D eigenvalue weighted by molar-refractivity contribution is -0.132. The van der Waals surface area contributed by atoms with E-state index in [9.17, 15) is 14.7 Å². The molecule has 96 valence electrons. The van der Waals surface area contributed by atoms with Crippen LogP contribution >= 0.6 is 0 Å². The monoisotopic (exact) mass is 250 g/mol. The van der Waals surface area contributed by atoms with Crippen LogP contribution in [0.3, 0.4) is 0 Å². The first-order valence-electron chi connectivity index (χ1n) is 5.36. The lowest BCUT2D eigenvalue weighted by atomic mass is 10.1. The third-order valence-electron chi connectivity index (χ3n) is 2.25. The molecule has 0 bridgehead atoms. The summed E-state index contributed by atoms with van der Waals surface area (Å²) in [5.74, 6) is -1.78. The highest BCUT2D eigenvalue weighted by molar-refractivity contribution is 5.89. The van der Waals surface area contributed by atoms with Crippen LogP contribution in [0, 0.1) is 0 Å². The van der Waals surface area contributed by atoms with Crippen LogP contribution in [0.2, 0.25) is 0 Å². The average Bonchev–Trinajstić information content (AvgIpc) is 2.36. The molecular formula is C13H14O5. The van der Waals surface area contributed by atoms with Crippen molar-refractivity contribution in [1.29, 1.82) is 0 Å². The lowest BCUT2D eigenvalue weighted by Crippen LogP contribution is -2.18. The van der Waals surface area contributed by atoms with E-state index in [0.29, 0.717) is 5.56 Å². The molecule has 0 aliphatic heterocycles. The fraction of sp³-hybridized carbons (Fsp3) is 0.231. The van der Waals surface area contributed by atoms with Crippen LogP contribution < -0.4 is 0 Å². The van der Waals surface area contributed by atoms with Crippen LogP contribution in [0.15, 0.2) is 42.5 Å². The van der Waals surface area contributed by atoms with Crippen molar-refractivity contribution in [1.82, 2.24) is 0 Å². The van der Waals surface area contributed by atoms with Crippen molar-refractivity contribution in [2.24, 2.45) is 0 Å². The minimum atomic E-state index is -1.34. The molecule has 18 heavy (non-hydrogen) atoms. The fourth-order valence-corrected chi connectivity index (χ4v) is 1.23. The van der Waals surface area contributed by atoms with Crippen molar-refractivity contribution in [3.63, 3.8) is 0 Å². The highest BCUT2D eigenvalue weighted by Crippen LogP contribution is 2.09. The van der Waals surface area contributed by atoms with Gasteiger partial charge in [0.1, 0.15) is 0 Å². The third kappa shape index (κ3) is 4.39. The molecule has 0 amide bonds. The van der Waals surface area contributed by atoms with Gasteiger partial charge in [-0.25, -0.2) is 9.59 Å². The molecule has 0 fully saturated rings. The molecule has 0 aliphatic rings. The summed E-state index contributed by atoms with van der Waals surface area (Å²) < 4.78 is 4.75. The summed E-state index contributed by atoms with van der Waals surface area (Å²) in [6.07, 6.45) is -1.28. The average molecular weight is 250 g/mol. The van der Waals surface area contributed by atoms with E-state index in [1.807, 2.05) is 0 Å². The maximum absolute atomic E-state index is 11.5. The normalized spacial score (nSPS) is 11.6. The van der Waals surface area contributed by atoms with Crippen molar-refractivity contribution in [3.8, 4) is 0 Å². The van der Waals surface area contributed by atoms with Crippen LogP contribution in [0.4, 0.5) is 0 Å². The molecule has 0 radical (unpaired) electrons. The number of carboxylic acids is 1. The number of carboxylic acid groups (broad SMARTS) is 1. The van der Waals surface area contributed by atoms with Gasteiger partial charge >= 0.3 is 11.9 Å². The van der Waals surface area contributed by atoms with Crippen molar-refractivity contribution in [3.05, 3.63) is 48.0 Å². The summed E-state index contributed by atoms with van der Waals surface area (Å²) in [6, 6.07) is 8.23. The number of hydrogen-bond acceptors (Lipinski definition) is 4. The predicted molar refractivity (Wildman–Crippen MR) is 63.9 cm³/mol. The number of rotatable bonds is 6. The molecule has 1 rings (SSSR count). The highest BCUT2D eigenvalue weighted by Gasteiger charge is 2.14. The third-order valence-corrected chi connectivity index (χ3v) is 2.25. The zero-order chi connectivity index (χ0) is 13.5. The SMILES string of the molecule is C=C(CCC(O)OC(=O)c1ccccc1)C(=O)O. The molecule has 5 heteroatoms. The van der Waals surface area contributed by atoms with E-state index in [1.165, 1.54) is 0 Å². The number of aliphatic hydroxyl groups excluding tert-OH is 1. The Balaban J connectivity index is 2.41. The molecule has 1 aromatic carbocycles. The smallest absolute Gasteiger partial charge is 0.340 e. The zero-order valence-electron chi connectivity index (χ0n) is 9.70. The molecule has 0 aromatic heterocycles. The second-order valence-corrected chi connectivity index (χ2v) is 3.67. The first-order valence-corrected chi connectivity index (χ1v) is 5.36. The highest BCUT2D eigenvalue weighted by atomic mass is 16.6. The lowest BCUT2D eigenvalue weighted by Gasteiger charge is -2.11. The number of hydrogen-bond donors (Lipinski definition) is 2. The van der Waals surface area contributed by atoms with E-state index in [-0.39, 0.29) is 18.4 Å². The minimum Gasteiger partial charge on any atom is -0.478 e. The van der Waals surface area contributed by atoms with Gasteiger partial charge in [-0.2, -0.15) is 0 Å². The molecule has 2 N–H and O–H groups in total. The molecule has 5 nitrogen and oxygen atoms in total. The fourth-order valence-electron chi connectivity index (χ4n) is 1.23. The predicted octanol–water partition coefficient (Wildman–Crippen LogP) is 1.58. The van der Waals surface area contributed by atoms with Gasteiger partial charge in [-0.15, -0.1) is 0 Å². The molecule has 0 spiro atoms. The molecule has 0 saturated heterocycles. The van der Waals surface area contributed by atoms with Crippen molar-refractivity contribution in [2.75, 3.05) is 0 Å². The van der Waals surface area contributed by atoms with Gasteiger partial charge in [0, 0.05) is 12.0 Å². The topological polar surface area (TPSA) is 83.8 Å². The largest absolute Gasteiger partial charge is 0.478 e. The summed E-state index contributed by atoms with van der Waals surface area (Å²) in [5.41, 5.74) is 0.290. The van der Waals surface area contributed by atoms with Gasteiger partial charge in [0.25, 0.3) is 0 Å². The maximum Gasteiger partial charge on any atom is 0.340 e. The summed E-state index contributed by atoms with van der Waals surface area (Å²) in [4.78, 5) is 22.0. The molecule has 0 heterocycles. The van der Waals surface area contributed by atoms with Crippen LogP contribution in [0.5, 0.6) is 0 Å². The molecular weight excluding hydrogens is 236 g/mol. The summed E-state index contributed by atoms with van der Waals surface area (Å²) in [5, 5.41) is 18.0. The van der Waals surface area contributed by atoms with Gasteiger partial charge in [0.05, 0.1) is 5.56 Å². The number of carbonyl (C=O) groups is 2. The van der Waals surface area contributed by atoms with E-state index in [1.54, 1.807) is 30.3 Å². The molecule has 1 aromatic rings. The van der Waals surface area contributed by atoms with Gasteiger partial charge in [0.2, 0.25) is 6.29 Å². The first-order chi connectivity index (χ1) is 8.50. The van der Waals surface area contributed by atoms with Crippen LogP contribution in [-0.2, 0) is 9.53 Å². The van der Waals surface area contributed by atoms with Crippen molar-refractivity contribution in [2.45, 2.75) is 19.1 Å². The first kappa shape index (κ1) is 13.9. The van der Waals surface area contributed by atoms with Crippen LogP contribution in [-0.4, -0.2) is 28.4 Å². The van der Waals surface area contributed by atoms with Gasteiger partial charge in [-0.3, -0.25) is 0 Å². The van der Waals surface area contributed by atoms with E-state index in [2.05, 4.69) is 6.58 Å². The molecule has 0 saturated carbocycles. The van der Waals surface area contributed by atoms with Crippen molar-refractivity contribution < 1.29 is 24.5 Å². The Morgan fingerprint density at radius 2 is 1.89 bits per heavy atom. The Morgan fingerprint density at radius 1 is 1.28 bits per heavy atom. The van der Waals surface area contributed by atoms with Gasteiger partial charge < -0.3 is 14.9 Å². The van der Waals surface area contributed by atoms with E-state index >= 15 is 0 Å². The maximum atomic E-state index is 11.5. The van der Waals surface area contributed by atoms with E-state index < -0.39 is 18.2 Å². The quantitative estimate of drug-likeness (QED) is 0.455. The van der Waals surface area contributed by atoms with E-state index in [4.69, 9.17) is 9.84 Å². The Labute approximate surface area is 104 Å². The second-order valence-electron chi connectivity index (χ2n) is 3.67. The second kappa shape index (κ2) is 6.56. The number of aliphatic hydroxyl groups is 1. The Kier molecular flexibility index (Phi) is 5.07.